The van der Waals surface area contributed by atoms with E-state index < -0.39 is 0 Å². The minimum Gasteiger partial charge on any atom is -0.338 e. The molecule has 0 atom stereocenters. The van der Waals surface area contributed by atoms with Crippen LogP contribution in [-0.2, 0) is 12.8 Å². The number of aryl methyl sites for hydroxylation is 1. The van der Waals surface area contributed by atoms with Crippen LogP contribution in [0.15, 0.2) is 38.9 Å². The number of fused-ring (bicyclic) bond motifs is 1. The molecule has 7 nitrogen and oxygen atoms in total. The highest BCUT2D eigenvalue weighted by atomic mass is 32.2. The molecule has 0 saturated carbocycles. The van der Waals surface area contributed by atoms with E-state index in [0.29, 0.717) is 17.5 Å². The van der Waals surface area contributed by atoms with Crippen molar-refractivity contribution in [3.63, 3.8) is 0 Å². The number of nitrogens with zero attached hydrogens (tertiary/aromatic N) is 6. The number of aromatic nitrogens is 6. The summed E-state index contributed by atoms with van der Waals surface area (Å²) in [7, 11) is 1.86. The fraction of sp³-hybridized carbons (Fsp3) is 0.154. The highest BCUT2D eigenvalue weighted by molar-refractivity contribution is 7.98. The van der Waals surface area contributed by atoms with Crippen LogP contribution >= 0.6 is 23.1 Å². The average molecular weight is 330 g/mol. The quantitative estimate of drug-likeness (QED) is 0.420. The van der Waals surface area contributed by atoms with Crippen LogP contribution in [-0.4, -0.2) is 29.9 Å². The third-order valence-electron chi connectivity index (χ3n) is 3.07. The normalized spacial score (nSPS) is 11.3. The van der Waals surface area contributed by atoms with Crippen molar-refractivity contribution in [3.8, 4) is 11.4 Å². The lowest BCUT2D eigenvalue weighted by molar-refractivity contribution is 0.391. The zero-order valence-corrected chi connectivity index (χ0v) is 13.1. The van der Waals surface area contributed by atoms with Crippen molar-refractivity contribution in [1.29, 1.82) is 0 Å². The third-order valence-corrected chi connectivity index (χ3v) is 4.75. The topological polar surface area (TPSA) is 82.5 Å². The SMILES string of the molecule is Cn1ncc2c(SCc3nc(-c4ccsc4)no3)ncnc21. The number of thiophene rings is 1. The molecule has 0 amide bonds. The predicted molar refractivity (Wildman–Crippen MR) is 83.5 cm³/mol. The van der Waals surface area contributed by atoms with Gasteiger partial charge in [-0.1, -0.05) is 16.9 Å². The minimum absolute atomic E-state index is 0.554. The molecule has 4 rings (SSSR count). The van der Waals surface area contributed by atoms with Crippen LogP contribution in [0.5, 0.6) is 0 Å². The molecule has 0 aliphatic rings. The van der Waals surface area contributed by atoms with Gasteiger partial charge in [0.1, 0.15) is 11.4 Å². The summed E-state index contributed by atoms with van der Waals surface area (Å²) in [5.41, 5.74) is 1.78. The van der Waals surface area contributed by atoms with Gasteiger partial charge in [0, 0.05) is 18.0 Å². The maximum Gasteiger partial charge on any atom is 0.237 e. The monoisotopic (exact) mass is 330 g/mol. The van der Waals surface area contributed by atoms with E-state index in [2.05, 4.69) is 25.2 Å². The van der Waals surface area contributed by atoms with Crippen LogP contribution in [0.25, 0.3) is 22.4 Å². The molecule has 0 saturated heterocycles. The Balaban J connectivity index is 1.55. The van der Waals surface area contributed by atoms with Gasteiger partial charge in [0.05, 0.1) is 17.3 Å². The van der Waals surface area contributed by atoms with Gasteiger partial charge in [0.2, 0.25) is 11.7 Å². The van der Waals surface area contributed by atoms with Gasteiger partial charge >= 0.3 is 0 Å². The van der Waals surface area contributed by atoms with Crippen molar-refractivity contribution < 1.29 is 4.52 Å². The molecule has 0 bridgehead atoms. The Bertz CT molecular complexity index is 914. The second-order valence-electron chi connectivity index (χ2n) is 4.50. The molecule has 0 aliphatic heterocycles. The molecule has 110 valence electrons. The second kappa shape index (κ2) is 5.50. The Kier molecular flexibility index (Phi) is 3.35. The number of rotatable bonds is 4. The first-order chi connectivity index (χ1) is 10.8. The minimum atomic E-state index is 0.554. The lowest BCUT2D eigenvalue weighted by atomic mass is 10.3. The molecule has 0 radical (unpaired) electrons. The standard InChI is InChI=1S/C13H10N6OS2/c1-19-12-9(4-16-19)13(15-7-14-12)22-6-10-17-11(18-20-10)8-2-3-21-5-8/h2-5,7H,6H2,1H3. The van der Waals surface area contributed by atoms with Gasteiger partial charge in [-0.15, -0.1) is 0 Å². The molecule has 22 heavy (non-hydrogen) atoms. The first-order valence-electron chi connectivity index (χ1n) is 6.42. The van der Waals surface area contributed by atoms with E-state index in [9.17, 15) is 0 Å². The van der Waals surface area contributed by atoms with Crippen molar-refractivity contribution in [3.05, 3.63) is 35.2 Å². The Morgan fingerprint density at radius 3 is 3.18 bits per heavy atom. The van der Waals surface area contributed by atoms with Crippen molar-refractivity contribution in [1.82, 2.24) is 29.9 Å². The predicted octanol–water partition coefficient (Wildman–Crippen LogP) is 2.77. The zero-order valence-electron chi connectivity index (χ0n) is 11.5. The third kappa shape index (κ3) is 2.38. The summed E-state index contributed by atoms with van der Waals surface area (Å²) >= 11 is 3.13. The molecular formula is C13H10N6OS2. The molecule has 4 aromatic rings. The van der Waals surface area contributed by atoms with E-state index in [1.165, 1.54) is 18.1 Å². The smallest absolute Gasteiger partial charge is 0.237 e. The van der Waals surface area contributed by atoms with Crippen LogP contribution in [0.3, 0.4) is 0 Å². The van der Waals surface area contributed by atoms with Gasteiger partial charge < -0.3 is 4.52 Å². The molecule has 9 heteroatoms. The van der Waals surface area contributed by atoms with Gasteiger partial charge in [-0.3, -0.25) is 4.68 Å². The molecule has 0 unspecified atom stereocenters. The highest BCUT2D eigenvalue weighted by Gasteiger charge is 2.12. The van der Waals surface area contributed by atoms with E-state index in [-0.39, 0.29) is 0 Å². The first kappa shape index (κ1) is 13.4. The Hall–Kier alpha value is -2.26. The Labute approximate surface area is 133 Å². The lowest BCUT2D eigenvalue weighted by Gasteiger charge is -1.99. The molecule has 0 N–H and O–H groups in total. The Morgan fingerprint density at radius 2 is 2.32 bits per heavy atom. The summed E-state index contributed by atoms with van der Waals surface area (Å²) in [5.74, 6) is 1.74. The van der Waals surface area contributed by atoms with E-state index in [0.717, 1.165) is 21.6 Å². The van der Waals surface area contributed by atoms with E-state index >= 15 is 0 Å². The van der Waals surface area contributed by atoms with E-state index in [4.69, 9.17) is 4.52 Å². The first-order valence-corrected chi connectivity index (χ1v) is 8.35. The molecule has 4 heterocycles. The maximum absolute atomic E-state index is 5.29. The fourth-order valence-corrected chi connectivity index (χ4v) is 3.44. The molecule has 4 aromatic heterocycles. The average Bonchev–Trinajstić information content (AvgIpc) is 3.26. The number of thioether (sulfide) groups is 1. The maximum atomic E-state index is 5.29. The lowest BCUT2D eigenvalue weighted by Crippen LogP contribution is -1.93. The molecule has 0 aliphatic carbocycles. The zero-order chi connectivity index (χ0) is 14.9. The summed E-state index contributed by atoms with van der Waals surface area (Å²) in [6.45, 7) is 0. The van der Waals surface area contributed by atoms with E-state index in [1.54, 1.807) is 22.2 Å². The van der Waals surface area contributed by atoms with Gasteiger partial charge in [-0.05, 0) is 11.4 Å². The van der Waals surface area contributed by atoms with Crippen LogP contribution in [0.1, 0.15) is 5.89 Å². The molecular weight excluding hydrogens is 320 g/mol. The summed E-state index contributed by atoms with van der Waals surface area (Å²) in [6, 6.07) is 1.97. The van der Waals surface area contributed by atoms with Gasteiger partial charge in [-0.25, -0.2) is 9.97 Å². The van der Waals surface area contributed by atoms with Crippen LogP contribution in [0.4, 0.5) is 0 Å². The summed E-state index contributed by atoms with van der Waals surface area (Å²) in [5, 5.41) is 14.0. The van der Waals surface area contributed by atoms with Gasteiger partial charge in [-0.2, -0.15) is 21.4 Å². The molecule has 0 fully saturated rings. The van der Waals surface area contributed by atoms with E-state index in [1.807, 2.05) is 23.9 Å². The van der Waals surface area contributed by atoms with Crippen LogP contribution < -0.4 is 0 Å². The van der Waals surface area contributed by atoms with Crippen molar-refractivity contribution >= 4 is 34.1 Å². The second-order valence-corrected chi connectivity index (χ2v) is 6.24. The van der Waals surface area contributed by atoms with Crippen LogP contribution in [0.2, 0.25) is 0 Å². The highest BCUT2D eigenvalue weighted by Crippen LogP contribution is 2.27. The van der Waals surface area contributed by atoms with Gasteiger partial charge in [0.15, 0.2) is 5.65 Å². The Morgan fingerprint density at radius 1 is 1.36 bits per heavy atom. The van der Waals surface area contributed by atoms with Crippen molar-refractivity contribution in [2.24, 2.45) is 7.05 Å². The van der Waals surface area contributed by atoms with Crippen molar-refractivity contribution in [2.45, 2.75) is 10.8 Å². The summed E-state index contributed by atoms with van der Waals surface area (Å²) in [4.78, 5) is 12.9. The molecule has 0 aromatic carbocycles. The largest absolute Gasteiger partial charge is 0.338 e. The summed E-state index contributed by atoms with van der Waals surface area (Å²) < 4.78 is 7.01. The number of hydrogen-bond acceptors (Lipinski definition) is 8. The van der Waals surface area contributed by atoms with Crippen molar-refractivity contribution in [2.75, 3.05) is 0 Å². The van der Waals surface area contributed by atoms with Crippen LogP contribution in [0, 0.1) is 0 Å². The molecule has 0 spiro atoms. The van der Waals surface area contributed by atoms with Gasteiger partial charge in [0.25, 0.3) is 0 Å². The number of hydrogen-bond donors (Lipinski definition) is 0. The summed E-state index contributed by atoms with van der Waals surface area (Å²) in [6.07, 6.45) is 3.30. The fourth-order valence-electron chi connectivity index (χ4n) is 2.01.